The normalized spacial score (nSPS) is 19.1. The van der Waals surface area contributed by atoms with Crippen molar-refractivity contribution in [3.05, 3.63) is 30.0 Å². The molecular weight excluding hydrogens is 472 g/mol. The number of rotatable bonds is 7. The maximum absolute atomic E-state index is 12.7. The number of anilines is 4. The van der Waals surface area contributed by atoms with Crippen LogP contribution in [-0.2, 0) is 16.1 Å². The Kier molecular flexibility index (Phi) is 7.34. The molecule has 3 aliphatic rings. The second-order valence-electron chi connectivity index (χ2n) is 10.4. The van der Waals surface area contributed by atoms with E-state index in [1.165, 1.54) is 12.8 Å². The molecule has 10 nitrogen and oxygen atoms in total. The molecule has 10 heteroatoms. The highest BCUT2D eigenvalue weighted by Crippen LogP contribution is 2.35. The van der Waals surface area contributed by atoms with Gasteiger partial charge in [0.05, 0.1) is 25.9 Å². The van der Waals surface area contributed by atoms with Crippen LogP contribution in [-0.4, -0.2) is 71.7 Å². The van der Waals surface area contributed by atoms with Gasteiger partial charge in [-0.3, -0.25) is 9.59 Å². The molecule has 1 amide bonds. The second kappa shape index (κ2) is 10.8. The minimum atomic E-state index is -0.722. The number of piperidine rings is 1. The molecule has 2 aromatic rings. The summed E-state index contributed by atoms with van der Waals surface area (Å²) in [7, 11) is 3.47. The first-order valence-electron chi connectivity index (χ1n) is 13.2. The summed E-state index contributed by atoms with van der Waals surface area (Å²) < 4.78 is 5.70. The molecule has 0 spiro atoms. The number of methoxy groups -OCH3 is 1. The Morgan fingerprint density at radius 2 is 1.92 bits per heavy atom. The van der Waals surface area contributed by atoms with Crippen LogP contribution in [0.2, 0.25) is 0 Å². The number of aromatic nitrogens is 2. The zero-order valence-corrected chi connectivity index (χ0v) is 21.7. The van der Waals surface area contributed by atoms with Crippen molar-refractivity contribution < 1.29 is 19.4 Å². The summed E-state index contributed by atoms with van der Waals surface area (Å²) in [5.41, 5.74) is 2.77. The Morgan fingerprint density at radius 1 is 1.16 bits per heavy atom. The number of carboxylic acids is 1. The number of hydrogen-bond acceptors (Lipinski definition) is 8. The molecular formula is C27H36N6O4. The summed E-state index contributed by atoms with van der Waals surface area (Å²) >= 11 is 0. The molecule has 1 aliphatic carbocycles. The van der Waals surface area contributed by atoms with Crippen molar-refractivity contribution in [2.45, 2.75) is 57.5 Å². The molecule has 198 valence electrons. The fourth-order valence-corrected chi connectivity index (χ4v) is 5.76. The molecule has 2 fully saturated rings. The molecule has 3 heterocycles. The fourth-order valence-electron chi connectivity index (χ4n) is 5.76. The van der Waals surface area contributed by atoms with E-state index in [2.05, 4.69) is 20.1 Å². The van der Waals surface area contributed by atoms with E-state index in [4.69, 9.17) is 14.8 Å². The third kappa shape index (κ3) is 5.57. The molecule has 5 rings (SSSR count). The van der Waals surface area contributed by atoms with Crippen LogP contribution >= 0.6 is 0 Å². The zero-order chi connectivity index (χ0) is 25.9. The van der Waals surface area contributed by atoms with Crippen molar-refractivity contribution in [3.8, 4) is 5.75 Å². The number of amides is 1. The topological polar surface area (TPSA) is 111 Å². The highest BCUT2D eigenvalue weighted by Gasteiger charge is 2.32. The first-order valence-corrected chi connectivity index (χ1v) is 13.2. The molecule has 0 bridgehead atoms. The first kappa shape index (κ1) is 25.1. The summed E-state index contributed by atoms with van der Waals surface area (Å²) in [6, 6.07) is 6.34. The number of carboxylic acid groups (broad SMARTS) is 1. The lowest BCUT2D eigenvalue weighted by Gasteiger charge is -2.33. The predicted octanol–water partition coefficient (Wildman–Crippen LogP) is 3.64. The lowest BCUT2D eigenvalue weighted by Crippen LogP contribution is -2.40. The molecule has 1 saturated heterocycles. The van der Waals surface area contributed by atoms with E-state index in [0.717, 1.165) is 61.5 Å². The lowest BCUT2D eigenvalue weighted by atomic mass is 9.93. The minimum absolute atomic E-state index is 0.101. The van der Waals surface area contributed by atoms with Crippen LogP contribution in [0.15, 0.2) is 24.4 Å². The van der Waals surface area contributed by atoms with Crippen LogP contribution in [0, 0.1) is 5.92 Å². The van der Waals surface area contributed by atoms with Gasteiger partial charge in [-0.1, -0.05) is 12.8 Å². The average molecular weight is 509 g/mol. The number of carbonyl (C=O) groups is 2. The Labute approximate surface area is 217 Å². The number of nitrogens with one attached hydrogen (secondary N) is 1. The molecule has 1 saturated carbocycles. The van der Waals surface area contributed by atoms with Crippen LogP contribution < -0.4 is 19.9 Å². The number of ether oxygens (including phenoxy) is 1. The number of aliphatic carboxylic acids is 1. The molecule has 0 radical (unpaired) electrons. The van der Waals surface area contributed by atoms with Crippen LogP contribution in [0.5, 0.6) is 5.75 Å². The van der Waals surface area contributed by atoms with Crippen molar-refractivity contribution >= 4 is 35.0 Å². The molecule has 1 aromatic carbocycles. The largest absolute Gasteiger partial charge is 0.494 e. The second-order valence-corrected chi connectivity index (χ2v) is 10.4. The minimum Gasteiger partial charge on any atom is -0.494 e. The number of benzene rings is 1. The van der Waals surface area contributed by atoms with Gasteiger partial charge in [0, 0.05) is 56.1 Å². The average Bonchev–Trinajstić information content (AvgIpc) is 3.39. The Hall–Kier alpha value is -3.56. The third-order valence-electron chi connectivity index (χ3n) is 7.89. The van der Waals surface area contributed by atoms with Gasteiger partial charge in [-0.25, -0.2) is 4.98 Å². The standard InChI is InChI=1S/C27H36N6O4/c1-31-16-19-15-28-27(30-26(19)33(17-24(31)34)20-5-3-4-6-20)29-22-8-7-21(14-23(22)37-2)32-11-9-18(10-12-32)13-25(35)36/h7-8,14-15,18,20H,3-6,9-13,16-17H2,1-2H3,(H,35,36)(H,28,29,30). The van der Waals surface area contributed by atoms with Crippen LogP contribution in [0.1, 0.15) is 50.5 Å². The van der Waals surface area contributed by atoms with Crippen molar-refractivity contribution in [1.82, 2.24) is 14.9 Å². The van der Waals surface area contributed by atoms with E-state index in [-0.39, 0.29) is 18.2 Å². The predicted molar refractivity (Wildman–Crippen MR) is 142 cm³/mol. The number of hydrogen-bond donors (Lipinski definition) is 2. The summed E-state index contributed by atoms with van der Waals surface area (Å²) in [5.74, 6) is 1.61. The van der Waals surface area contributed by atoms with Crippen molar-refractivity contribution in [2.75, 3.05) is 48.9 Å². The maximum Gasteiger partial charge on any atom is 0.303 e. The van der Waals surface area contributed by atoms with Crippen LogP contribution in [0.3, 0.4) is 0 Å². The van der Waals surface area contributed by atoms with Gasteiger partial charge in [0.1, 0.15) is 11.6 Å². The van der Waals surface area contributed by atoms with Gasteiger partial charge in [0.15, 0.2) is 0 Å². The van der Waals surface area contributed by atoms with Gasteiger partial charge in [0.25, 0.3) is 0 Å². The van der Waals surface area contributed by atoms with E-state index in [0.29, 0.717) is 30.8 Å². The van der Waals surface area contributed by atoms with Gasteiger partial charge in [-0.2, -0.15) is 4.98 Å². The van der Waals surface area contributed by atoms with Gasteiger partial charge in [-0.15, -0.1) is 0 Å². The van der Waals surface area contributed by atoms with Crippen LogP contribution in [0.4, 0.5) is 23.1 Å². The van der Waals surface area contributed by atoms with E-state index in [9.17, 15) is 9.59 Å². The van der Waals surface area contributed by atoms with Gasteiger partial charge in [0.2, 0.25) is 11.9 Å². The Morgan fingerprint density at radius 3 is 2.62 bits per heavy atom. The smallest absolute Gasteiger partial charge is 0.303 e. The quantitative estimate of drug-likeness (QED) is 0.579. The molecule has 2 aliphatic heterocycles. The van der Waals surface area contributed by atoms with E-state index in [1.807, 2.05) is 31.4 Å². The van der Waals surface area contributed by atoms with E-state index in [1.54, 1.807) is 12.0 Å². The lowest BCUT2D eigenvalue weighted by molar-refractivity contribution is -0.138. The van der Waals surface area contributed by atoms with Gasteiger partial charge >= 0.3 is 5.97 Å². The first-order chi connectivity index (χ1) is 17.9. The number of carbonyl (C=O) groups excluding carboxylic acids is 1. The zero-order valence-electron chi connectivity index (χ0n) is 21.7. The monoisotopic (exact) mass is 508 g/mol. The molecule has 37 heavy (non-hydrogen) atoms. The fraction of sp³-hybridized carbons (Fsp3) is 0.556. The number of likely N-dealkylation sites (N-methyl/N-ethyl adjacent to an activating group) is 1. The van der Waals surface area contributed by atoms with Crippen LogP contribution in [0.25, 0.3) is 0 Å². The molecule has 0 atom stereocenters. The summed E-state index contributed by atoms with van der Waals surface area (Å²) in [6.07, 6.45) is 8.31. The summed E-state index contributed by atoms with van der Waals surface area (Å²) in [5, 5.41) is 12.4. The van der Waals surface area contributed by atoms with Crippen molar-refractivity contribution in [1.29, 1.82) is 0 Å². The van der Waals surface area contributed by atoms with Crippen molar-refractivity contribution in [2.24, 2.45) is 5.92 Å². The maximum atomic E-state index is 12.7. The number of fused-ring (bicyclic) bond motifs is 1. The highest BCUT2D eigenvalue weighted by atomic mass is 16.5. The summed E-state index contributed by atoms with van der Waals surface area (Å²) in [6.45, 7) is 2.49. The van der Waals surface area contributed by atoms with Gasteiger partial charge < -0.3 is 29.9 Å². The Balaban J connectivity index is 1.35. The van der Waals surface area contributed by atoms with E-state index < -0.39 is 5.97 Å². The van der Waals surface area contributed by atoms with E-state index >= 15 is 0 Å². The highest BCUT2D eigenvalue weighted by molar-refractivity contribution is 5.83. The van der Waals surface area contributed by atoms with Gasteiger partial charge in [-0.05, 0) is 43.7 Å². The number of nitrogens with zero attached hydrogens (tertiary/aromatic N) is 5. The third-order valence-corrected chi connectivity index (χ3v) is 7.89. The van der Waals surface area contributed by atoms with Crippen molar-refractivity contribution in [3.63, 3.8) is 0 Å². The molecule has 0 unspecified atom stereocenters. The molecule has 1 aromatic heterocycles. The Bertz CT molecular complexity index is 1140. The summed E-state index contributed by atoms with van der Waals surface area (Å²) in [4.78, 5) is 39.4. The molecule has 2 N–H and O–H groups in total. The SMILES string of the molecule is COc1cc(N2CCC(CC(=O)O)CC2)ccc1Nc1ncc2c(n1)N(C1CCCC1)CC(=O)N(C)C2.